The van der Waals surface area contributed by atoms with E-state index in [4.69, 9.17) is 16.3 Å². The van der Waals surface area contributed by atoms with E-state index in [9.17, 15) is 14.4 Å². The average Bonchev–Trinajstić information content (AvgIpc) is 2.80. The molecular weight excluding hydrogens is 520 g/mol. The largest absolute Gasteiger partial charge is 0.496 e. The maximum Gasteiger partial charge on any atom is 0.335 e. The third kappa shape index (κ3) is 4.76. The highest BCUT2D eigenvalue weighted by molar-refractivity contribution is 9.10. The number of nitrogens with one attached hydrogen (secondary N) is 1. The first-order chi connectivity index (χ1) is 16.3. The van der Waals surface area contributed by atoms with Crippen LogP contribution in [0.5, 0.6) is 5.75 Å². The van der Waals surface area contributed by atoms with Crippen molar-refractivity contribution in [2.24, 2.45) is 0 Å². The standard InChI is InChI=1S/C26H20BrClN2O4/c1-15-7-9-18(10-8-15)30-25(32)20(24(31)29-26(30)33)11-16-12-22(28)19(23(13-16)34-2)14-17-5-3-4-6-21(17)27/h3-13H,14H2,1-2H3,(H,29,31,33)/b20-11+. The summed E-state index contributed by atoms with van der Waals surface area (Å²) < 4.78 is 6.51. The molecule has 4 amide bonds. The summed E-state index contributed by atoms with van der Waals surface area (Å²) >= 11 is 10.1. The molecule has 0 unspecified atom stereocenters. The summed E-state index contributed by atoms with van der Waals surface area (Å²) in [6, 6.07) is 17.2. The summed E-state index contributed by atoms with van der Waals surface area (Å²) in [5.74, 6) is -0.971. The van der Waals surface area contributed by atoms with Gasteiger partial charge in [-0.05, 0) is 54.5 Å². The number of methoxy groups -OCH3 is 1. The Hall–Kier alpha value is -3.42. The van der Waals surface area contributed by atoms with Gasteiger partial charge in [0, 0.05) is 21.5 Å². The van der Waals surface area contributed by atoms with Crippen molar-refractivity contribution < 1.29 is 19.1 Å². The van der Waals surface area contributed by atoms with Crippen LogP contribution in [0.2, 0.25) is 5.02 Å². The molecule has 0 aromatic heterocycles. The number of halogens is 2. The smallest absolute Gasteiger partial charge is 0.335 e. The van der Waals surface area contributed by atoms with Gasteiger partial charge in [-0.1, -0.05) is 63.4 Å². The lowest BCUT2D eigenvalue weighted by Gasteiger charge is -2.26. The van der Waals surface area contributed by atoms with E-state index in [1.165, 1.54) is 13.2 Å². The van der Waals surface area contributed by atoms with Crippen molar-refractivity contribution in [3.63, 3.8) is 0 Å². The number of amides is 4. The number of carbonyl (C=O) groups is 3. The number of aryl methyl sites for hydroxylation is 1. The summed E-state index contributed by atoms with van der Waals surface area (Å²) in [5.41, 5.74) is 3.46. The minimum Gasteiger partial charge on any atom is -0.496 e. The van der Waals surface area contributed by atoms with E-state index in [2.05, 4.69) is 21.2 Å². The summed E-state index contributed by atoms with van der Waals surface area (Å²) in [7, 11) is 1.53. The number of nitrogens with zero attached hydrogens (tertiary/aromatic N) is 1. The Balaban J connectivity index is 1.71. The van der Waals surface area contributed by atoms with E-state index in [0.717, 1.165) is 26.1 Å². The van der Waals surface area contributed by atoms with Crippen LogP contribution in [-0.4, -0.2) is 25.0 Å². The minimum absolute atomic E-state index is 0.183. The van der Waals surface area contributed by atoms with Gasteiger partial charge in [-0.25, -0.2) is 9.69 Å². The van der Waals surface area contributed by atoms with Gasteiger partial charge in [0.1, 0.15) is 11.3 Å². The topological polar surface area (TPSA) is 75.7 Å². The third-order valence-electron chi connectivity index (χ3n) is 5.43. The number of anilines is 1. The highest BCUT2D eigenvalue weighted by atomic mass is 79.9. The first kappa shape index (κ1) is 23.7. The van der Waals surface area contributed by atoms with Crippen molar-refractivity contribution >= 4 is 57.1 Å². The van der Waals surface area contributed by atoms with Gasteiger partial charge in [-0.2, -0.15) is 0 Å². The van der Waals surface area contributed by atoms with Gasteiger partial charge in [0.05, 0.1) is 12.8 Å². The molecule has 0 atom stereocenters. The van der Waals surface area contributed by atoms with Crippen molar-refractivity contribution in [2.45, 2.75) is 13.3 Å². The lowest BCUT2D eigenvalue weighted by molar-refractivity contribution is -0.122. The number of hydrogen-bond acceptors (Lipinski definition) is 4. The van der Waals surface area contributed by atoms with E-state index < -0.39 is 17.8 Å². The highest BCUT2D eigenvalue weighted by Gasteiger charge is 2.36. The van der Waals surface area contributed by atoms with Crippen molar-refractivity contribution in [3.8, 4) is 5.75 Å². The normalized spacial score (nSPS) is 15.0. The maximum atomic E-state index is 13.1. The molecule has 172 valence electrons. The summed E-state index contributed by atoms with van der Waals surface area (Å²) in [5, 5.41) is 2.65. The predicted molar refractivity (Wildman–Crippen MR) is 135 cm³/mol. The molecule has 0 radical (unpaired) electrons. The zero-order valence-electron chi connectivity index (χ0n) is 18.4. The number of hydrogen-bond donors (Lipinski definition) is 1. The van der Waals surface area contributed by atoms with Gasteiger partial charge in [0.25, 0.3) is 11.8 Å². The highest BCUT2D eigenvalue weighted by Crippen LogP contribution is 2.33. The van der Waals surface area contributed by atoms with Gasteiger partial charge < -0.3 is 4.74 Å². The first-order valence-electron chi connectivity index (χ1n) is 10.4. The van der Waals surface area contributed by atoms with Crippen LogP contribution < -0.4 is 15.0 Å². The van der Waals surface area contributed by atoms with Crippen LogP contribution in [0.1, 0.15) is 22.3 Å². The predicted octanol–water partition coefficient (Wildman–Crippen LogP) is 5.68. The van der Waals surface area contributed by atoms with E-state index in [-0.39, 0.29) is 5.57 Å². The van der Waals surface area contributed by atoms with Crippen molar-refractivity contribution in [1.29, 1.82) is 0 Å². The number of benzene rings is 3. The van der Waals surface area contributed by atoms with Crippen LogP contribution in [-0.2, 0) is 16.0 Å². The van der Waals surface area contributed by atoms with Gasteiger partial charge in [-0.15, -0.1) is 0 Å². The van der Waals surface area contributed by atoms with Crippen LogP contribution >= 0.6 is 27.5 Å². The molecule has 3 aromatic rings. The lowest BCUT2D eigenvalue weighted by atomic mass is 10.0. The van der Waals surface area contributed by atoms with Crippen LogP contribution in [0.4, 0.5) is 10.5 Å². The SMILES string of the molecule is COc1cc(/C=C2\C(=O)NC(=O)N(c3ccc(C)cc3)C2=O)cc(Cl)c1Cc1ccccc1Br. The molecule has 1 aliphatic rings. The quantitative estimate of drug-likeness (QED) is 0.335. The summed E-state index contributed by atoms with van der Waals surface area (Å²) in [6.07, 6.45) is 1.93. The van der Waals surface area contributed by atoms with Crippen LogP contribution in [0.15, 0.2) is 70.7 Å². The molecular formula is C26H20BrClN2O4. The second-order valence-corrected chi connectivity index (χ2v) is 9.01. The Kier molecular flexibility index (Phi) is 6.86. The van der Waals surface area contributed by atoms with E-state index in [1.54, 1.807) is 36.4 Å². The number of ether oxygens (including phenoxy) is 1. The Bertz CT molecular complexity index is 1340. The number of carbonyl (C=O) groups excluding carboxylic acids is 3. The number of urea groups is 1. The van der Waals surface area contributed by atoms with E-state index in [0.29, 0.717) is 28.4 Å². The fraction of sp³-hybridized carbons (Fsp3) is 0.115. The van der Waals surface area contributed by atoms with Crippen molar-refractivity contribution in [1.82, 2.24) is 5.32 Å². The molecule has 0 spiro atoms. The molecule has 1 fully saturated rings. The molecule has 0 bridgehead atoms. The fourth-order valence-corrected chi connectivity index (χ4v) is 4.36. The minimum atomic E-state index is -0.796. The summed E-state index contributed by atoms with van der Waals surface area (Å²) in [4.78, 5) is 39.0. The number of barbiturate groups is 1. The molecule has 34 heavy (non-hydrogen) atoms. The lowest BCUT2D eigenvalue weighted by Crippen LogP contribution is -2.54. The molecule has 1 aliphatic heterocycles. The van der Waals surface area contributed by atoms with Gasteiger partial charge in [0.2, 0.25) is 0 Å². The molecule has 8 heteroatoms. The van der Waals surface area contributed by atoms with Crippen molar-refractivity contribution in [2.75, 3.05) is 12.0 Å². The zero-order valence-corrected chi connectivity index (χ0v) is 20.7. The molecule has 6 nitrogen and oxygen atoms in total. The van der Waals surface area contributed by atoms with Gasteiger partial charge in [0.15, 0.2) is 0 Å². The first-order valence-corrected chi connectivity index (χ1v) is 11.5. The fourth-order valence-electron chi connectivity index (χ4n) is 3.65. The molecule has 1 heterocycles. The Morgan fingerprint density at radius 1 is 1.06 bits per heavy atom. The second kappa shape index (κ2) is 9.83. The molecule has 3 aromatic carbocycles. The number of rotatable bonds is 5. The molecule has 1 N–H and O–H groups in total. The molecule has 0 saturated carbocycles. The Labute approximate surface area is 210 Å². The molecule has 0 aliphatic carbocycles. The third-order valence-corrected chi connectivity index (χ3v) is 6.54. The second-order valence-electron chi connectivity index (χ2n) is 7.75. The van der Waals surface area contributed by atoms with Crippen LogP contribution in [0.25, 0.3) is 6.08 Å². The van der Waals surface area contributed by atoms with E-state index >= 15 is 0 Å². The van der Waals surface area contributed by atoms with Crippen molar-refractivity contribution in [3.05, 3.63) is 98.0 Å². The molecule has 4 rings (SSSR count). The summed E-state index contributed by atoms with van der Waals surface area (Å²) in [6.45, 7) is 1.90. The number of imide groups is 2. The maximum absolute atomic E-state index is 13.1. The van der Waals surface area contributed by atoms with Gasteiger partial charge >= 0.3 is 6.03 Å². The van der Waals surface area contributed by atoms with Crippen LogP contribution in [0.3, 0.4) is 0 Å². The monoisotopic (exact) mass is 538 g/mol. The van der Waals surface area contributed by atoms with E-state index in [1.807, 2.05) is 31.2 Å². The Morgan fingerprint density at radius 2 is 1.76 bits per heavy atom. The van der Waals surface area contributed by atoms with Crippen LogP contribution in [0, 0.1) is 6.92 Å². The average molecular weight is 540 g/mol. The Morgan fingerprint density at radius 3 is 2.44 bits per heavy atom. The molecule has 1 saturated heterocycles. The van der Waals surface area contributed by atoms with Gasteiger partial charge in [-0.3, -0.25) is 14.9 Å². The zero-order chi connectivity index (χ0) is 24.4.